The zero-order valence-electron chi connectivity index (χ0n) is 9.95. The van der Waals surface area contributed by atoms with Gasteiger partial charge in [-0.15, -0.1) is 0 Å². The molecule has 1 amide bonds. The van der Waals surface area contributed by atoms with E-state index in [1.165, 1.54) is 25.1 Å². The van der Waals surface area contributed by atoms with Crippen LogP contribution in [0.4, 0.5) is 0 Å². The largest absolute Gasteiger partial charge is 0.468 e. The molecule has 4 nitrogen and oxygen atoms in total. The topological polar surface area (TPSA) is 46.6 Å². The van der Waals surface area contributed by atoms with E-state index in [0.29, 0.717) is 5.57 Å². The standard InChI is InChI=1S/C12H17NO3/c1-6-9(3)10(7-2)12(15)13(4)8-11(14)16-5/h6-7H,1-2,8H2,3-5H3/b10-9+. The van der Waals surface area contributed by atoms with Crippen LogP contribution >= 0.6 is 0 Å². The zero-order valence-corrected chi connectivity index (χ0v) is 9.95. The van der Waals surface area contributed by atoms with Crippen molar-refractivity contribution in [1.29, 1.82) is 0 Å². The summed E-state index contributed by atoms with van der Waals surface area (Å²) in [5.41, 5.74) is 1.15. The molecule has 88 valence electrons. The number of likely N-dealkylation sites (N-methyl/N-ethyl adjacent to an activating group) is 1. The second-order valence-electron chi connectivity index (χ2n) is 3.24. The number of nitrogens with zero attached hydrogens (tertiary/aromatic N) is 1. The molecule has 0 atom stereocenters. The first-order valence-corrected chi connectivity index (χ1v) is 4.76. The highest BCUT2D eigenvalue weighted by Crippen LogP contribution is 2.09. The van der Waals surface area contributed by atoms with Gasteiger partial charge in [0.1, 0.15) is 6.54 Å². The van der Waals surface area contributed by atoms with Gasteiger partial charge in [-0.2, -0.15) is 0 Å². The number of ether oxygens (including phenoxy) is 1. The molecule has 0 aliphatic heterocycles. The Bertz CT molecular complexity index is 342. The maximum absolute atomic E-state index is 11.9. The third-order valence-electron chi connectivity index (χ3n) is 2.11. The van der Waals surface area contributed by atoms with Crippen molar-refractivity contribution in [3.8, 4) is 0 Å². The summed E-state index contributed by atoms with van der Waals surface area (Å²) in [5, 5.41) is 0. The Morgan fingerprint density at radius 2 is 1.88 bits per heavy atom. The second-order valence-corrected chi connectivity index (χ2v) is 3.24. The lowest BCUT2D eigenvalue weighted by Gasteiger charge is -2.16. The molecule has 0 fully saturated rings. The van der Waals surface area contributed by atoms with Gasteiger partial charge in [0.05, 0.1) is 7.11 Å². The van der Waals surface area contributed by atoms with Crippen molar-refractivity contribution in [2.75, 3.05) is 20.7 Å². The lowest BCUT2D eigenvalue weighted by Crippen LogP contribution is -2.33. The summed E-state index contributed by atoms with van der Waals surface area (Å²) < 4.78 is 4.48. The molecule has 16 heavy (non-hydrogen) atoms. The van der Waals surface area contributed by atoms with E-state index < -0.39 is 5.97 Å². The van der Waals surface area contributed by atoms with Gasteiger partial charge in [0.15, 0.2) is 0 Å². The minimum absolute atomic E-state index is 0.0862. The van der Waals surface area contributed by atoms with Gasteiger partial charge in [-0.3, -0.25) is 9.59 Å². The van der Waals surface area contributed by atoms with Crippen molar-refractivity contribution in [3.63, 3.8) is 0 Å². The van der Waals surface area contributed by atoms with E-state index in [1.807, 2.05) is 0 Å². The molecule has 0 aliphatic carbocycles. The highest BCUT2D eigenvalue weighted by atomic mass is 16.5. The van der Waals surface area contributed by atoms with Gasteiger partial charge in [0.2, 0.25) is 0 Å². The summed E-state index contributed by atoms with van der Waals surface area (Å²) in [6, 6.07) is 0. The van der Waals surface area contributed by atoms with Crippen LogP contribution in [0.2, 0.25) is 0 Å². The number of hydrogen-bond donors (Lipinski definition) is 0. The Labute approximate surface area is 95.9 Å². The molecule has 0 unspecified atom stereocenters. The maximum Gasteiger partial charge on any atom is 0.325 e. The molecule has 0 aromatic rings. The lowest BCUT2D eigenvalue weighted by atomic mass is 10.1. The van der Waals surface area contributed by atoms with E-state index in [1.54, 1.807) is 13.0 Å². The number of carbonyl (C=O) groups excluding carboxylic acids is 2. The van der Waals surface area contributed by atoms with Crippen molar-refractivity contribution in [1.82, 2.24) is 4.90 Å². The fourth-order valence-electron chi connectivity index (χ4n) is 1.06. The van der Waals surface area contributed by atoms with Gasteiger partial charge in [0, 0.05) is 12.6 Å². The van der Waals surface area contributed by atoms with Crippen molar-refractivity contribution in [2.45, 2.75) is 6.92 Å². The van der Waals surface area contributed by atoms with Crippen molar-refractivity contribution < 1.29 is 14.3 Å². The molecule has 4 heteroatoms. The van der Waals surface area contributed by atoms with E-state index in [4.69, 9.17) is 0 Å². The van der Waals surface area contributed by atoms with Crippen LogP contribution in [0.15, 0.2) is 36.5 Å². The molecule has 0 saturated carbocycles. The monoisotopic (exact) mass is 223 g/mol. The zero-order chi connectivity index (χ0) is 12.7. The minimum atomic E-state index is -0.462. The number of methoxy groups -OCH3 is 1. The maximum atomic E-state index is 11.9. The van der Waals surface area contributed by atoms with E-state index in [0.717, 1.165) is 5.57 Å². The van der Waals surface area contributed by atoms with E-state index in [9.17, 15) is 9.59 Å². The molecule has 0 N–H and O–H groups in total. The number of esters is 1. The summed E-state index contributed by atoms with van der Waals surface area (Å²) in [5.74, 6) is -0.742. The van der Waals surface area contributed by atoms with Gasteiger partial charge >= 0.3 is 5.97 Å². The number of hydrogen-bond acceptors (Lipinski definition) is 3. The fraction of sp³-hybridized carbons (Fsp3) is 0.333. The first-order chi connectivity index (χ1) is 7.47. The summed E-state index contributed by atoms with van der Waals surface area (Å²) >= 11 is 0. The summed E-state index contributed by atoms with van der Waals surface area (Å²) in [4.78, 5) is 24.1. The summed E-state index contributed by atoms with van der Waals surface area (Å²) in [6.07, 6.45) is 3.02. The lowest BCUT2D eigenvalue weighted by molar-refractivity contribution is -0.145. The van der Waals surface area contributed by atoms with Crippen LogP contribution in [0.3, 0.4) is 0 Å². The average Bonchev–Trinajstić information content (AvgIpc) is 2.28. The normalized spacial score (nSPS) is 11.2. The van der Waals surface area contributed by atoms with Crippen molar-refractivity contribution >= 4 is 11.9 Å². The molecule has 0 aromatic heterocycles. The molecule has 0 bridgehead atoms. The van der Waals surface area contributed by atoms with Crippen LogP contribution in [0.25, 0.3) is 0 Å². The van der Waals surface area contributed by atoms with Gasteiger partial charge in [0.25, 0.3) is 5.91 Å². The fourth-order valence-corrected chi connectivity index (χ4v) is 1.06. The van der Waals surface area contributed by atoms with Crippen molar-refractivity contribution in [2.24, 2.45) is 0 Å². The van der Waals surface area contributed by atoms with E-state index in [2.05, 4.69) is 17.9 Å². The van der Waals surface area contributed by atoms with E-state index >= 15 is 0 Å². The molecule has 0 aromatic carbocycles. The predicted octanol–water partition coefficient (Wildman–Crippen LogP) is 1.31. The Balaban J connectivity index is 4.84. The molecule has 0 heterocycles. The molecule has 0 spiro atoms. The Morgan fingerprint density at radius 3 is 2.25 bits per heavy atom. The summed E-state index contributed by atoms with van der Waals surface area (Å²) in [6.45, 7) is 8.82. The first kappa shape index (κ1) is 14.2. The van der Waals surface area contributed by atoms with Gasteiger partial charge in [-0.05, 0) is 12.5 Å². The second kappa shape index (κ2) is 6.61. The first-order valence-electron chi connectivity index (χ1n) is 4.76. The van der Waals surface area contributed by atoms with Crippen LogP contribution in [-0.4, -0.2) is 37.5 Å². The smallest absolute Gasteiger partial charge is 0.325 e. The highest BCUT2D eigenvalue weighted by Gasteiger charge is 2.16. The third kappa shape index (κ3) is 3.73. The van der Waals surface area contributed by atoms with E-state index in [-0.39, 0.29) is 12.5 Å². The number of carbonyl (C=O) groups is 2. The molecule has 0 aliphatic rings. The van der Waals surface area contributed by atoms with Crippen LogP contribution in [0, 0.1) is 0 Å². The number of rotatable bonds is 5. The quantitative estimate of drug-likeness (QED) is 0.401. The number of amides is 1. The average molecular weight is 223 g/mol. The van der Waals surface area contributed by atoms with Crippen LogP contribution < -0.4 is 0 Å². The number of allylic oxidation sites excluding steroid dienone is 2. The Kier molecular flexibility index (Phi) is 5.85. The Morgan fingerprint density at radius 1 is 1.31 bits per heavy atom. The summed E-state index contributed by atoms with van der Waals surface area (Å²) in [7, 11) is 2.80. The van der Waals surface area contributed by atoms with Crippen LogP contribution in [0.1, 0.15) is 6.92 Å². The van der Waals surface area contributed by atoms with Crippen molar-refractivity contribution in [3.05, 3.63) is 36.5 Å². The van der Waals surface area contributed by atoms with Gasteiger partial charge < -0.3 is 9.64 Å². The SMILES string of the molecule is C=C/C(C)=C(\C=C)C(=O)N(C)CC(=O)OC. The molecular formula is C12H17NO3. The molecule has 0 rings (SSSR count). The highest BCUT2D eigenvalue weighted by molar-refractivity contribution is 5.98. The van der Waals surface area contributed by atoms with Crippen LogP contribution in [0.5, 0.6) is 0 Å². The van der Waals surface area contributed by atoms with Crippen LogP contribution in [-0.2, 0) is 14.3 Å². The predicted molar refractivity (Wildman–Crippen MR) is 62.7 cm³/mol. The van der Waals surface area contributed by atoms with Gasteiger partial charge in [-0.1, -0.05) is 25.3 Å². The molecule has 0 saturated heterocycles. The third-order valence-corrected chi connectivity index (χ3v) is 2.11. The molecule has 0 radical (unpaired) electrons. The minimum Gasteiger partial charge on any atom is -0.468 e. The van der Waals surface area contributed by atoms with Gasteiger partial charge in [-0.25, -0.2) is 0 Å². The Hall–Kier alpha value is -1.84. The molecular weight excluding hydrogens is 206 g/mol.